The van der Waals surface area contributed by atoms with Crippen LogP contribution in [0.5, 0.6) is 0 Å². The third-order valence-corrected chi connectivity index (χ3v) is 1.04. The molecule has 0 atom stereocenters. The van der Waals surface area contributed by atoms with E-state index in [1.807, 2.05) is 0 Å². The maximum Gasteiger partial charge on any atom is 0.509 e. The van der Waals surface area contributed by atoms with Crippen molar-refractivity contribution in [1.82, 2.24) is 0 Å². The van der Waals surface area contributed by atoms with E-state index < -0.39 is 12.3 Å². The minimum atomic E-state index is -0.836. The molecule has 0 aromatic heterocycles. The summed E-state index contributed by atoms with van der Waals surface area (Å²) in [6.07, 6.45) is -1.90. The summed E-state index contributed by atoms with van der Waals surface area (Å²) >= 11 is 0. The minimum Gasteiger partial charge on any atom is -0.435 e. The van der Waals surface area contributed by atoms with E-state index in [4.69, 9.17) is 0 Å². The van der Waals surface area contributed by atoms with E-state index in [-0.39, 0.29) is 19.3 Å². The number of hydrogen-bond acceptors (Lipinski definition) is 6. The highest BCUT2D eigenvalue weighted by molar-refractivity contribution is 5.61. The second kappa shape index (κ2) is 7.90. The van der Waals surface area contributed by atoms with Gasteiger partial charge in [-0.15, -0.1) is 0 Å². The van der Waals surface area contributed by atoms with Crippen molar-refractivity contribution in [3.05, 3.63) is 6.61 Å². The fourth-order valence-corrected chi connectivity index (χ4v) is 0.584. The average molecular weight is 219 g/mol. The molecule has 0 aromatic carbocycles. The van der Waals surface area contributed by atoms with Crippen LogP contribution in [0.25, 0.3) is 0 Å². The van der Waals surface area contributed by atoms with Crippen molar-refractivity contribution < 1.29 is 28.5 Å². The highest BCUT2D eigenvalue weighted by Crippen LogP contribution is 1.95. The first-order chi connectivity index (χ1) is 7.06. The van der Waals surface area contributed by atoms with Gasteiger partial charge in [0.1, 0.15) is 6.61 Å². The highest BCUT2D eigenvalue weighted by atomic mass is 16.7. The van der Waals surface area contributed by atoms with Crippen LogP contribution in [0.2, 0.25) is 0 Å². The number of rotatable bonds is 5. The number of carbonyl (C=O) groups excluding carboxylic acids is 2. The van der Waals surface area contributed by atoms with Crippen LogP contribution in [0.3, 0.4) is 0 Å². The summed E-state index contributed by atoms with van der Waals surface area (Å²) in [5, 5.41) is 0. The van der Waals surface area contributed by atoms with Crippen molar-refractivity contribution in [1.29, 1.82) is 0 Å². The summed E-state index contributed by atoms with van der Waals surface area (Å²) in [6, 6.07) is 0. The second-order valence-electron chi connectivity index (χ2n) is 2.70. The molecule has 0 rings (SSSR count). The van der Waals surface area contributed by atoms with Crippen LogP contribution in [-0.2, 0) is 18.9 Å². The van der Waals surface area contributed by atoms with E-state index in [2.05, 4.69) is 18.9 Å². The molecule has 0 N–H and O–H groups in total. The molecule has 0 bridgehead atoms. The summed E-state index contributed by atoms with van der Waals surface area (Å²) in [5.41, 5.74) is 0. The molecule has 87 valence electrons. The summed E-state index contributed by atoms with van der Waals surface area (Å²) in [7, 11) is 0. The lowest BCUT2D eigenvalue weighted by Gasteiger charge is -2.08. The van der Waals surface area contributed by atoms with E-state index in [9.17, 15) is 9.59 Å². The third kappa shape index (κ3) is 8.86. The molecular formula is C9H15O6. The van der Waals surface area contributed by atoms with Gasteiger partial charge in [0.2, 0.25) is 0 Å². The van der Waals surface area contributed by atoms with Gasteiger partial charge in [-0.3, -0.25) is 0 Å². The Morgan fingerprint density at radius 1 is 1.20 bits per heavy atom. The number of carbonyl (C=O) groups is 2. The molecule has 6 heteroatoms. The maximum atomic E-state index is 10.8. The van der Waals surface area contributed by atoms with Crippen LogP contribution >= 0.6 is 0 Å². The predicted octanol–water partition coefficient (Wildman–Crippen LogP) is 1.88. The van der Waals surface area contributed by atoms with Crippen molar-refractivity contribution in [3.8, 4) is 0 Å². The van der Waals surface area contributed by atoms with Gasteiger partial charge in [0.25, 0.3) is 0 Å². The van der Waals surface area contributed by atoms with Crippen LogP contribution in [0, 0.1) is 6.61 Å². The number of hydrogen-bond donors (Lipinski definition) is 0. The SMILES string of the molecule is CCOC(=O)OC[CH]OC(=O)OC(C)C. The molecular weight excluding hydrogens is 204 g/mol. The molecule has 6 nitrogen and oxygen atoms in total. The summed E-state index contributed by atoms with van der Waals surface area (Å²) < 4.78 is 18.1. The number of ether oxygens (including phenoxy) is 4. The third-order valence-electron chi connectivity index (χ3n) is 1.04. The van der Waals surface area contributed by atoms with Gasteiger partial charge in [0.05, 0.1) is 12.7 Å². The largest absolute Gasteiger partial charge is 0.509 e. The first-order valence-corrected chi connectivity index (χ1v) is 4.54. The van der Waals surface area contributed by atoms with Gasteiger partial charge < -0.3 is 18.9 Å². The molecule has 0 heterocycles. The quantitative estimate of drug-likeness (QED) is 0.519. The second-order valence-corrected chi connectivity index (χ2v) is 2.70. The van der Waals surface area contributed by atoms with Gasteiger partial charge in [-0.1, -0.05) is 0 Å². The fraction of sp³-hybridized carbons (Fsp3) is 0.667. The molecule has 0 aliphatic carbocycles. The molecule has 0 aliphatic heterocycles. The molecule has 0 fully saturated rings. The van der Waals surface area contributed by atoms with Crippen LogP contribution in [0.1, 0.15) is 20.8 Å². The van der Waals surface area contributed by atoms with E-state index >= 15 is 0 Å². The van der Waals surface area contributed by atoms with E-state index in [0.717, 1.165) is 6.61 Å². The Hall–Kier alpha value is -1.46. The summed E-state index contributed by atoms with van der Waals surface area (Å²) in [4.78, 5) is 21.4. The zero-order chi connectivity index (χ0) is 11.7. The standard InChI is InChI=1S/C9H15O6/c1-4-12-8(10)13-5-6-14-9(11)15-7(2)3/h6-7H,4-5H2,1-3H3. The first kappa shape index (κ1) is 13.5. The minimum absolute atomic E-state index is 0.175. The topological polar surface area (TPSA) is 71.1 Å². The van der Waals surface area contributed by atoms with E-state index in [0.29, 0.717) is 0 Å². The molecule has 0 spiro atoms. The molecule has 0 saturated heterocycles. The average Bonchev–Trinajstić information content (AvgIpc) is 2.12. The van der Waals surface area contributed by atoms with Crippen LogP contribution in [0.4, 0.5) is 9.59 Å². The monoisotopic (exact) mass is 219 g/mol. The molecule has 1 radical (unpaired) electrons. The molecule has 0 aliphatic rings. The molecule has 0 unspecified atom stereocenters. The van der Waals surface area contributed by atoms with Gasteiger partial charge in [0, 0.05) is 0 Å². The van der Waals surface area contributed by atoms with Crippen molar-refractivity contribution in [2.75, 3.05) is 13.2 Å². The Labute approximate surface area is 88.4 Å². The maximum absolute atomic E-state index is 10.8. The Bertz CT molecular complexity index is 201. The van der Waals surface area contributed by atoms with Crippen LogP contribution in [-0.4, -0.2) is 31.6 Å². The van der Waals surface area contributed by atoms with Crippen molar-refractivity contribution in [3.63, 3.8) is 0 Å². The normalized spacial score (nSPS) is 9.60. The Balaban J connectivity index is 3.38. The van der Waals surface area contributed by atoms with Crippen LogP contribution in [0.15, 0.2) is 0 Å². The predicted molar refractivity (Wildman–Crippen MR) is 50.0 cm³/mol. The van der Waals surface area contributed by atoms with Crippen LogP contribution < -0.4 is 0 Å². The molecule has 0 saturated carbocycles. The van der Waals surface area contributed by atoms with Crippen molar-refractivity contribution in [2.24, 2.45) is 0 Å². The highest BCUT2D eigenvalue weighted by Gasteiger charge is 2.08. The zero-order valence-corrected chi connectivity index (χ0v) is 9.02. The molecule has 0 aromatic rings. The molecule has 0 amide bonds. The van der Waals surface area contributed by atoms with Gasteiger partial charge in [-0.2, -0.15) is 0 Å². The Kier molecular flexibility index (Phi) is 7.13. The van der Waals surface area contributed by atoms with Gasteiger partial charge in [-0.05, 0) is 20.8 Å². The lowest BCUT2D eigenvalue weighted by Crippen LogP contribution is -2.14. The van der Waals surface area contributed by atoms with Crippen molar-refractivity contribution in [2.45, 2.75) is 26.9 Å². The van der Waals surface area contributed by atoms with Gasteiger partial charge in [0.15, 0.2) is 6.61 Å². The lowest BCUT2D eigenvalue weighted by atomic mass is 10.5. The summed E-state index contributed by atoms with van der Waals surface area (Å²) in [5.74, 6) is 0. The van der Waals surface area contributed by atoms with Crippen molar-refractivity contribution >= 4 is 12.3 Å². The molecule has 15 heavy (non-hydrogen) atoms. The first-order valence-electron chi connectivity index (χ1n) is 4.54. The lowest BCUT2D eigenvalue weighted by molar-refractivity contribution is 0.0289. The smallest absolute Gasteiger partial charge is 0.435 e. The van der Waals surface area contributed by atoms with E-state index in [1.165, 1.54) is 0 Å². The Morgan fingerprint density at radius 2 is 1.87 bits per heavy atom. The zero-order valence-electron chi connectivity index (χ0n) is 9.02. The van der Waals surface area contributed by atoms with Gasteiger partial charge in [-0.25, -0.2) is 9.59 Å². The summed E-state index contributed by atoms with van der Waals surface area (Å²) in [6.45, 7) is 6.11. The Morgan fingerprint density at radius 3 is 2.40 bits per heavy atom. The van der Waals surface area contributed by atoms with E-state index in [1.54, 1.807) is 20.8 Å². The van der Waals surface area contributed by atoms with Gasteiger partial charge >= 0.3 is 12.3 Å². The fourth-order valence-electron chi connectivity index (χ4n) is 0.584.